The number of carbonyl (C=O) groups is 1. The predicted octanol–water partition coefficient (Wildman–Crippen LogP) is 3.96. The summed E-state index contributed by atoms with van der Waals surface area (Å²) in [7, 11) is 3.50. The van der Waals surface area contributed by atoms with E-state index in [1.165, 1.54) is 0 Å². The van der Waals surface area contributed by atoms with Gasteiger partial charge in [-0.1, -0.05) is 26.7 Å². The van der Waals surface area contributed by atoms with Crippen LogP contribution in [0.1, 0.15) is 62.8 Å². The highest BCUT2D eigenvalue weighted by Crippen LogP contribution is 2.30. The Morgan fingerprint density at radius 2 is 1.78 bits per heavy atom. The van der Waals surface area contributed by atoms with Gasteiger partial charge in [-0.05, 0) is 44.2 Å². The number of ether oxygens (including phenoxy) is 1. The number of aryl methyl sites for hydroxylation is 3. The minimum Gasteiger partial charge on any atom is -0.479 e. The molecule has 0 unspecified atom stereocenters. The molecule has 1 amide bonds. The zero-order valence-corrected chi connectivity index (χ0v) is 17.8. The van der Waals surface area contributed by atoms with Gasteiger partial charge in [-0.2, -0.15) is 0 Å². The molecule has 0 spiro atoms. The number of nitrogens with zero attached hydrogens (tertiary/aromatic N) is 4. The molecule has 0 radical (unpaired) electrons. The Balaban J connectivity index is 2.21. The van der Waals surface area contributed by atoms with Gasteiger partial charge < -0.3 is 9.64 Å². The molecule has 2 aromatic heterocycles. The van der Waals surface area contributed by atoms with E-state index in [4.69, 9.17) is 9.72 Å². The molecule has 0 saturated heterocycles. The summed E-state index contributed by atoms with van der Waals surface area (Å²) in [6, 6.07) is 0. The van der Waals surface area contributed by atoms with Crippen LogP contribution in [0.4, 0.5) is 0 Å². The van der Waals surface area contributed by atoms with Crippen LogP contribution < -0.4 is 4.74 Å². The van der Waals surface area contributed by atoms with E-state index >= 15 is 0 Å². The fourth-order valence-corrected chi connectivity index (χ4v) is 3.56. The summed E-state index contributed by atoms with van der Waals surface area (Å²) in [5, 5.41) is 5.35. The lowest BCUT2D eigenvalue weighted by molar-refractivity contribution is -0.131. The van der Waals surface area contributed by atoms with Gasteiger partial charge in [0.15, 0.2) is 5.65 Å². The molecule has 6 nitrogen and oxygen atoms in total. The number of hydrogen-bond acceptors (Lipinski definition) is 4. The van der Waals surface area contributed by atoms with Crippen molar-refractivity contribution in [1.29, 1.82) is 0 Å². The lowest BCUT2D eigenvalue weighted by Gasteiger charge is -2.23. The van der Waals surface area contributed by atoms with Crippen LogP contribution in [0.5, 0.6) is 5.88 Å². The molecule has 0 aromatic carbocycles. The molecule has 150 valence electrons. The van der Waals surface area contributed by atoms with Gasteiger partial charge in [0, 0.05) is 32.3 Å². The number of aromatic nitrogens is 3. The van der Waals surface area contributed by atoms with E-state index in [2.05, 4.69) is 25.9 Å². The molecule has 0 atom stereocenters. The van der Waals surface area contributed by atoms with E-state index in [-0.39, 0.29) is 5.91 Å². The van der Waals surface area contributed by atoms with Gasteiger partial charge in [0.05, 0.1) is 12.5 Å². The Kier molecular flexibility index (Phi) is 7.63. The molecule has 2 aromatic rings. The van der Waals surface area contributed by atoms with E-state index < -0.39 is 0 Å². The SMILES string of the molecule is CCCCN(CCCC)C(=O)CCc1c(C)nc2c(c(OC)nn2C)c1C. The second-order valence-corrected chi connectivity index (χ2v) is 7.22. The Morgan fingerprint density at radius 1 is 1.15 bits per heavy atom. The van der Waals surface area contributed by atoms with E-state index in [0.717, 1.165) is 66.6 Å². The van der Waals surface area contributed by atoms with Gasteiger partial charge in [-0.3, -0.25) is 4.79 Å². The van der Waals surface area contributed by atoms with Gasteiger partial charge in [0.2, 0.25) is 11.8 Å². The quantitative estimate of drug-likeness (QED) is 0.632. The average molecular weight is 375 g/mol. The zero-order valence-electron chi connectivity index (χ0n) is 17.8. The molecule has 0 aliphatic rings. The second-order valence-electron chi connectivity index (χ2n) is 7.22. The standard InChI is InChI=1S/C21H34N4O2/c1-7-9-13-25(14-10-8-2)18(26)12-11-17-15(3)19-20(22-16(17)4)24(5)23-21(19)27-6/h7-14H2,1-6H3. The van der Waals surface area contributed by atoms with Crippen molar-refractivity contribution in [2.75, 3.05) is 20.2 Å². The normalized spacial score (nSPS) is 11.2. The number of fused-ring (bicyclic) bond motifs is 1. The Hall–Kier alpha value is -2.11. The molecule has 2 rings (SSSR count). The number of pyridine rings is 1. The van der Waals surface area contributed by atoms with E-state index in [9.17, 15) is 4.79 Å². The smallest absolute Gasteiger partial charge is 0.242 e. The van der Waals surface area contributed by atoms with Crippen LogP contribution in [0.15, 0.2) is 0 Å². The maximum absolute atomic E-state index is 12.8. The molecule has 0 aliphatic carbocycles. The molecular weight excluding hydrogens is 340 g/mol. The third kappa shape index (κ3) is 4.79. The molecule has 2 heterocycles. The van der Waals surface area contributed by atoms with Crippen molar-refractivity contribution in [1.82, 2.24) is 19.7 Å². The zero-order chi connectivity index (χ0) is 20.0. The van der Waals surface area contributed by atoms with Crippen LogP contribution in [0, 0.1) is 13.8 Å². The van der Waals surface area contributed by atoms with Crippen LogP contribution in [0.3, 0.4) is 0 Å². The average Bonchev–Trinajstić information content (AvgIpc) is 2.97. The molecule has 0 aliphatic heterocycles. The van der Waals surface area contributed by atoms with Gasteiger partial charge in [-0.15, -0.1) is 5.10 Å². The van der Waals surface area contributed by atoms with Crippen LogP contribution in [0.25, 0.3) is 11.0 Å². The number of amides is 1. The predicted molar refractivity (Wildman–Crippen MR) is 109 cm³/mol. The van der Waals surface area contributed by atoms with Crippen molar-refractivity contribution in [2.24, 2.45) is 7.05 Å². The summed E-state index contributed by atoms with van der Waals surface area (Å²) in [4.78, 5) is 19.6. The first-order valence-corrected chi connectivity index (χ1v) is 10.1. The molecular formula is C21H34N4O2. The summed E-state index contributed by atoms with van der Waals surface area (Å²) in [6.07, 6.45) is 5.56. The van der Waals surface area contributed by atoms with Crippen molar-refractivity contribution in [3.8, 4) is 5.88 Å². The molecule has 27 heavy (non-hydrogen) atoms. The number of carbonyl (C=O) groups excluding carboxylic acids is 1. The maximum Gasteiger partial charge on any atom is 0.242 e. The Labute approximate surface area is 162 Å². The third-order valence-electron chi connectivity index (χ3n) is 5.22. The largest absolute Gasteiger partial charge is 0.479 e. The number of unbranched alkanes of at least 4 members (excludes halogenated alkanes) is 2. The fraction of sp³-hybridized carbons (Fsp3) is 0.667. The topological polar surface area (TPSA) is 60.3 Å². The lowest BCUT2D eigenvalue weighted by Crippen LogP contribution is -2.33. The minimum absolute atomic E-state index is 0.244. The number of rotatable bonds is 10. The van der Waals surface area contributed by atoms with E-state index in [0.29, 0.717) is 18.7 Å². The molecule has 6 heteroatoms. The summed E-state index contributed by atoms with van der Waals surface area (Å²) in [5.74, 6) is 0.839. The monoisotopic (exact) mass is 374 g/mol. The van der Waals surface area contributed by atoms with E-state index in [1.54, 1.807) is 11.8 Å². The second kappa shape index (κ2) is 9.72. The first kappa shape index (κ1) is 21.2. The minimum atomic E-state index is 0.244. The highest BCUT2D eigenvalue weighted by molar-refractivity contribution is 5.86. The summed E-state index contributed by atoms with van der Waals surface area (Å²) >= 11 is 0. The summed E-state index contributed by atoms with van der Waals surface area (Å²) in [6.45, 7) is 10.1. The highest BCUT2D eigenvalue weighted by Gasteiger charge is 2.19. The third-order valence-corrected chi connectivity index (χ3v) is 5.22. The summed E-state index contributed by atoms with van der Waals surface area (Å²) < 4.78 is 7.18. The van der Waals surface area contributed by atoms with Crippen LogP contribution >= 0.6 is 0 Å². The molecule has 0 saturated carbocycles. The highest BCUT2D eigenvalue weighted by atomic mass is 16.5. The molecule has 0 bridgehead atoms. The van der Waals surface area contributed by atoms with Crippen LogP contribution in [0.2, 0.25) is 0 Å². The van der Waals surface area contributed by atoms with Gasteiger partial charge >= 0.3 is 0 Å². The van der Waals surface area contributed by atoms with Crippen molar-refractivity contribution >= 4 is 16.9 Å². The van der Waals surface area contributed by atoms with Crippen molar-refractivity contribution in [2.45, 2.75) is 66.2 Å². The first-order valence-electron chi connectivity index (χ1n) is 10.1. The lowest BCUT2D eigenvalue weighted by atomic mass is 10.00. The number of methoxy groups -OCH3 is 1. The van der Waals surface area contributed by atoms with Crippen molar-refractivity contribution in [3.05, 3.63) is 16.8 Å². The van der Waals surface area contributed by atoms with Crippen LogP contribution in [-0.4, -0.2) is 45.8 Å². The van der Waals surface area contributed by atoms with Gasteiger partial charge in [-0.25, -0.2) is 9.67 Å². The van der Waals surface area contributed by atoms with Crippen molar-refractivity contribution in [3.63, 3.8) is 0 Å². The van der Waals surface area contributed by atoms with Gasteiger partial charge in [0.1, 0.15) is 0 Å². The van der Waals surface area contributed by atoms with Crippen molar-refractivity contribution < 1.29 is 9.53 Å². The first-order chi connectivity index (χ1) is 12.9. The summed E-state index contributed by atoms with van der Waals surface area (Å²) in [5.41, 5.74) is 4.04. The van der Waals surface area contributed by atoms with E-state index in [1.807, 2.05) is 18.9 Å². The van der Waals surface area contributed by atoms with Gasteiger partial charge in [0.25, 0.3) is 0 Å². The fourth-order valence-electron chi connectivity index (χ4n) is 3.56. The molecule has 0 fully saturated rings. The Morgan fingerprint density at radius 3 is 2.33 bits per heavy atom. The number of hydrogen-bond donors (Lipinski definition) is 0. The maximum atomic E-state index is 12.8. The van der Waals surface area contributed by atoms with Crippen LogP contribution in [-0.2, 0) is 18.3 Å². The Bertz CT molecular complexity index is 774. The molecule has 0 N–H and O–H groups in total.